The minimum atomic E-state index is -1.86. The maximum absolute atomic E-state index is 13.9. The molecule has 0 bridgehead atoms. The maximum Gasteiger partial charge on any atom is 0.326 e. The minimum Gasteiger partial charge on any atom is -0.480 e. The number of aromatic nitrogens is 2. The molecule has 10 atom stereocenters. The van der Waals surface area contributed by atoms with Crippen molar-refractivity contribution >= 4 is 70.9 Å². The van der Waals surface area contributed by atoms with Gasteiger partial charge in [0.1, 0.15) is 54.4 Å². The van der Waals surface area contributed by atoms with E-state index in [9.17, 15) is 78.0 Å². The molecule has 0 fully saturated rings. The number of aliphatic hydroxyl groups excluding tert-OH is 3. The first-order valence-corrected chi connectivity index (χ1v) is 24.8. The second kappa shape index (κ2) is 32.5. The van der Waals surface area contributed by atoms with Gasteiger partial charge in [-0.3, -0.25) is 52.7 Å². The number of aromatic amines is 1. The van der Waals surface area contributed by atoms with Gasteiger partial charge in [0.25, 0.3) is 0 Å². The lowest BCUT2D eigenvalue weighted by atomic mass is 10.0. The summed E-state index contributed by atoms with van der Waals surface area (Å²) in [4.78, 5) is 164. The monoisotopic (exact) mass is 1100 g/mol. The molecule has 1 aromatic heterocycles. The lowest BCUT2D eigenvalue weighted by Gasteiger charge is -2.29. The third-order valence-electron chi connectivity index (χ3n) is 11.8. The van der Waals surface area contributed by atoms with Crippen molar-refractivity contribution in [3.05, 3.63) is 54.1 Å². The quantitative estimate of drug-likeness (QED) is 0.0310. The topological polar surface area (TPSA) is 501 Å². The highest BCUT2D eigenvalue weighted by Crippen LogP contribution is 2.11. The van der Waals surface area contributed by atoms with Gasteiger partial charge in [0.05, 0.1) is 38.6 Å². The number of carboxylic acid groups (broad SMARTS) is 1. The van der Waals surface area contributed by atoms with Crippen LogP contribution in [0.1, 0.15) is 72.1 Å². The van der Waals surface area contributed by atoms with Gasteiger partial charge >= 0.3 is 5.97 Å². The molecule has 2 rings (SSSR count). The average molecular weight is 1100 g/mol. The molecule has 0 spiro atoms. The minimum absolute atomic E-state index is 0.0102. The van der Waals surface area contributed by atoms with E-state index in [0.29, 0.717) is 11.3 Å². The van der Waals surface area contributed by atoms with Gasteiger partial charge in [0.2, 0.25) is 65.0 Å². The second-order valence-corrected chi connectivity index (χ2v) is 19.2. The van der Waals surface area contributed by atoms with Crippen molar-refractivity contribution in [2.24, 2.45) is 35.0 Å². The van der Waals surface area contributed by atoms with Gasteiger partial charge in [-0.1, -0.05) is 71.9 Å². The molecule has 0 aliphatic heterocycles. The molecule has 1 heterocycles. The van der Waals surface area contributed by atoms with Gasteiger partial charge < -0.3 is 90.5 Å². The van der Waals surface area contributed by atoms with E-state index in [0.717, 1.165) is 0 Å². The third-order valence-corrected chi connectivity index (χ3v) is 11.8. The lowest BCUT2D eigenvalue weighted by Crippen LogP contribution is -2.62. The smallest absolute Gasteiger partial charge is 0.326 e. The van der Waals surface area contributed by atoms with Gasteiger partial charge in [0, 0.05) is 31.2 Å². The standard InChI is InChI=1S/C48H74N14O16/c1-22(2)36(60-45(74)33(20-65)59-43(72)31(18-63)57-39(68)27(49)15-26-17-52-21-53-26)46(75)54-28(12-13-34(50)66)40(69)58-32(19-64)44(73)61-37(23(3)4)47(76)56-30(16-35(51)67)41(70)55-29(14-25-10-8-7-9-11-25)42(71)62-38(24(5)6)48(77)78/h7-11,17,21-24,27-33,36-38,63-65H,12-16,18-20,49H2,1-6H3,(H2,50,66)(H2,51,67)(H,52,53)(H,54,75)(H,55,70)(H,56,76)(H,57,68)(H,58,69)(H,59,72)(H,60,74)(H,61,73)(H,62,71)(H,77,78)/t27-,28-,29-,30-,31-,32-,33-,36-,37-,38-/m0/s1. The number of imidazole rings is 1. The van der Waals surface area contributed by atoms with Crippen LogP contribution in [-0.2, 0) is 70.4 Å². The van der Waals surface area contributed by atoms with E-state index in [2.05, 4.69) is 57.8 Å². The van der Waals surface area contributed by atoms with Crippen molar-refractivity contribution in [2.75, 3.05) is 19.8 Å². The van der Waals surface area contributed by atoms with E-state index in [4.69, 9.17) is 17.2 Å². The van der Waals surface area contributed by atoms with E-state index >= 15 is 0 Å². The zero-order chi connectivity index (χ0) is 59.0. The van der Waals surface area contributed by atoms with Crippen LogP contribution >= 0.6 is 0 Å². The number of rotatable bonds is 34. The van der Waals surface area contributed by atoms with Crippen LogP contribution in [0.5, 0.6) is 0 Å². The van der Waals surface area contributed by atoms with Gasteiger partial charge in [0.15, 0.2) is 0 Å². The van der Waals surface area contributed by atoms with Crippen molar-refractivity contribution in [1.29, 1.82) is 0 Å². The number of benzene rings is 1. The highest BCUT2D eigenvalue weighted by Gasteiger charge is 2.37. The number of nitrogens with zero attached hydrogens (tertiary/aromatic N) is 1. The number of aliphatic carboxylic acids is 1. The van der Waals surface area contributed by atoms with Crippen molar-refractivity contribution in [1.82, 2.24) is 57.8 Å². The van der Waals surface area contributed by atoms with Gasteiger partial charge in [-0.15, -0.1) is 0 Å². The Morgan fingerprint density at radius 2 is 0.897 bits per heavy atom. The SMILES string of the molecule is CC(C)[C@H](NC(=O)[C@H](Cc1ccccc1)NC(=O)[C@H](CC(N)=O)NC(=O)[C@@H](NC(=O)[C@H](CO)NC(=O)[C@H](CCC(N)=O)NC(=O)[C@@H](NC(=O)[C@H](CO)NC(=O)[C@H](CO)NC(=O)[C@@H](N)Cc1cnc[nH]1)C(C)C)C(C)C)C(=O)O. The van der Waals surface area contributed by atoms with Crippen molar-refractivity contribution < 1.29 is 78.0 Å². The van der Waals surface area contributed by atoms with Gasteiger partial charge in [-0.05, 0) is 29.7 Å². The number of carboxylic acids is 1. The van der Waals surface area contributed by atoms with E-state index < -0.39 is 188 Å². The summed E-state index contributed by atoms with van der Waals surface area (Å²) in [6.07, 6.45) is 0.790. The number of amides is 11. The number of hydrogen-bond donors (Lipinski definition) is 17. The Morgan fingerprint density at radius 3 is 1.32 bits per heavy atom. The number of carbonyl (C=O) groups excluding carboxylic acids is 11. The molecule has 0 saturated carbocycles. The number of H-pyrrole nitrogens is 1. The summed E-state index contributed by atoms with van der Waals surface area (Å²) in [7, 11) is 0. The number of carbonyl (C=O) groups is 12. The first-order chi connectivity index (χ1) is 36.6. The molecule has 1 aromatic carbocycles. The molecule has 432 valence electrons. The molecule has 0 saturated heterocycles. The summed E-state index contributed by atoms with van der Waals surface area (Å²) in [5.41, 5.74) is 17.7. The Balaban J connectivity index is 2.26. The number of hydrogen-bond acceptors (Lipinski definition) is 17. The highest BCUT2D eigenvalue weighted by molar-refractivity contribution is 5.99. The normalized spacial score (nSPS) is 15.0. The summed E-state index contributed by atoms with van der Waals surface area (Å²) >= 11 is 0. The first kappa shape index (κ1) is 66.0. The van der Waals surface area contributed by atoms with E-state index in [1.165, 1.54) is 40.2 Å². The fourth-order valence-corrected chi connectivity index (χ4v) is 7.30. The summed E-state index contributed by atoms with van der Waals surface area (Å²) in [5, 5.41) is 60.8. The lowest BCUT2D eigenvalue weighted by molar-refractivity contribution is -0.143. The molecule has 78 heavy (non-hydrogen) atoms. The van der Waals surface area contributed by atoms with Gasteiger partial charge in [-0.25, -0.2) is 9.78 Å². The number of nitrogens with one attached hydrogen (secondary N) is 10. The van der Waals surface area contributed by atoms with Crippen LogP contribution in [0.2, 0.25) is 0 Å². The van der Waals surface area contributed by atoms with E-state index in [-0.39, 0.29) is 12.8 Å². The van der Waals surface area contributed by atoms with Crippen molar-refractivity contribution in [3.63, 3.8) is 0 Å². The summed E-state index contributed by atoms with van der Waals surface area (Å²) < 4.78 is 0. The molecule has 30 nitrogen and oxygen atoms in total. The predicted molar refractivity (Wildman–Crippen MR) is 273 cm³/mol. The molecule has 0 aliphatic carbocycles. The maximum atomic E-state index is 13.9. The van der Waals surface area contributed by atoms with Crippen LogP contribution in [-0.4, -0.2) is 182 Å². The Bertz CT molecular complexity index is 2390. The molecule has 2 aromatic rings. The molecule has 0 aliphatic rings. The van der Waals surface area contributed by atoms with Crippen LogP contribution in [0.25, 0.3) is 0 Å². The Labute approximate surface area is 448 Å². The fourth-order valence-electron chi connectivity index (χ4n) is 7.30. The Kier molecular flexibility index (Phi) is 27.5. The summed E-state index contributed by atoms with van der Waals surface area (Å²) in [6, 6.07) is -7.50. The van der Waals surface area contributed by atoms with Crippen molar-refractivity contribution in [2.45, 2.75) is 134 Å². The number of primary amides is 2. The number of aliphatic hydroxyl groups is 3. The highest BCUT2D eigenvalue weighted by atomic mass is 16.4. The van der Waals surface area contributed by atoms with Crippen LogP contribution < -0.4 is 65.1 Å². The van der Waals surface area contributed by atoms with Crippen LogP contribution in [0, 0.1) is 17.8 Å². The van der Waals surface area contributed by atoms with Crippen LogP contribution in [0.4, 0.5) is 0 Å². The summed E-state index contributed by atoms with van der Waals surface area (Å²) in [6.45, 7) is 5.89. The van der Waals surface area contributed by atoms with E-state index in [1.54, 1.807) is 44.2 Å². The van der Waals surface area contributed by atoms with Crippen molar-refractivity contribution in [3.8, 4) is 0 Å². The molecular weight excluding hydrogens is 1030 g/mol. The second-order valence-electron chi connectivity index (χ2n) is 19.2. The zero-order valence-electron chi connectivity index (χ0n) is 44.1. The third kappa shape index (κ3) is 21.9. The average Bonchev–Trinajstić information content (AvgIpc) is 3.89. The van der Waals surface area contributed by atoms with Crippen LogP contribution in [0.3, 0.4) is 0 Å². The van der Waals surface area contributed by atoms with E-state index in [1.807, 2.05) is 0 Å². The zero-order valence-corrected chi connectivity index (χ0v) is 44.1. The Hall–Kier alpha value is -8.09. The summed E-state index contributed by atoms with van der Waals surface area (Å²) in [5.74, 6) is -15.1. The Morgan fingerprint density at radius 1 is 0.500 bits per heavy atom. The molecule has 0 unspecified atom stereocenters. The predicted octanol–water partition coefficient (Wildman–Crippen LogP) is -6.94. The fraction of sp³-hybridized carbons (Fsp3) is 0.562. The molecule has 11 amide bonds. The molecular formula is C48H74N14O16. The molecule has 20 N–H and O–H groups in total. The first-order valence-electron chi connectivity index (χ1n) is 24.8. The van der Waals surface area contributed by atoms with Crippen LogP contribution in [0.15, 0.2) is 42.9 Å². The largest absolute Gasteiger partial charge is 0.480 e. The molecule has 30 heteroatoms. The number of nitrogens with two attached hydrogens (primary N) is 3. The molecule has 0 radical (unpaired) electrons. The van der Waals surface area contributed by atoms with Gasteiger partial charge in [-0.2, -0.15) is 0 Å².